The van der Waals surface area contributed by atoms with Crippen molar-refractivity contribution in [3.63, 3.8) is 0 Å². The van der Waals surface area contributed by atoms with Crippen molar-refractivity contribution in [1.82, 2.24) is 15.1 Å². The Balaban J connectivity index is 2.74. The molecule has 1 N–H and O–H groups in total. The van der Waals surface area contributed by atoms with Gasteiger partial charge in [0, 0.05) is 18.8 Å². The van der Waals surface area contributed by atoms with Crippen LogP contribution in [0.25, 0.3) is 0 Å². The van der Waals surface area contributed by atoms with Crippen LogP contribution in [0.2, 0.25) is 0 Å². The fourth-order valence-corrected chi connectivity index (χ4v) is 3.06. The van der Waals surface area contributed by atoms with Gasteiger partial charge in [-0.05, 0) is 50.1 Å². The third kappa shape index (κ3) is 5.66. The molecule has 2 atom stereocenters. The van der Waals surface area contributed by atoms with Crippen LogP contribution in [0, 0.1) is 11.3 Å². The van der Waals surface area contributed by atoms with Gasteiger partial charge in [-0.15, -0.1) is 0 Å². The fourth-order valence-electron chi connectivity index (χ4n) is 3.06. The van der Waals surface area contributed by atoms with E-state index in [0.29, 0.717) is 17.4 Å². The Morgan fingerprint density at radius 3 is 2.55 bits per heavy atom. The van der Waals surface area contributed by atoms with Crippen LogP contribution in [-0.2, 0) is 6.54 Å². The molecule has 3 nitrogen and oxygen atoms in total. The Kier molecular flexibility index (Phi) is 6.74. The highest BCUT2D eigenvalue weighted by molar-refractivity contribution is 5.07. The van der Waals surface area contributed by atoms with E-state index in [0.717, 1.165) is 13.1 Å². The first kappa shape index (κ1) is 17.2. The summed E-state index contributed by atoms with van der Waals surface area (Å²) in [7, 11) is 0. The number of hydrogen-bond acceptors (Lipinski definition) is 2. The third-order valence-corrected chi connectivity index (χ3v) is 3.65. The summed E-state index contributed by atoms with van der Waals surface area (Å²) in [6.07, 6.45) is 5.54. The molecule has 0 saturated carbocycles. The second-order valence-electron chi connectivity index (χ2n) is 7.18. The summed E-state index contributed by atoms with van der Waals surface area (Å²) in [5.74, 6) is 0.713. The zero-order chi connectivity index (χ0) is 15.2. The van der Waals surface area contributed by atoms with E-state index in [1.54, 1.807) is 0 Å². The zero-order valence-electron chi connectivity index (χ0n) is 14.2. The van der Waals surface area contributed by atoms with Crippen LogP contribution in [0.1, 0.15) is 72.5 Å². The van der Waals surface area contributed by atoms with Gasteiger partial charge in [-0.25, -0.2) is 0 Å². The van der Waals surface area contributed by atoms with Gasteiger partial charge in [0.05, 0.1) is 5.69 Å². The van der Waals surface area contributed by atoms with Crippen LogP contribution in [0.5, 0.6) is 0 Å². The van der Waals surface area contributed by atoms with Gasteiger partial charge in [-0.3, -0.25) is 4.68 Å². The summed E-state index contributed by atoms with van der Waals surface area (Å²) in [5.41, 5.74) is 1.74. The molecule has 0 radical (unpaired) electrons. The molecule has 0 aliphatic heterocycles. The molecule has 1 rings (SSSR count). The van der Waals surface area contributed by atoms with Crippen LogP contribution in [0.3, 0.4) is 0 Å². The van der Waals surface area contributed by atoms with Gasteiger partial charge in [-0.2, -0.15) is 5.10 Å². The summed E-state index contributed by atoms with van der Waals surface area (Å²) in [4.78, 5) is 0. The van der Waals surface area contributed by atoms with Crippen molar-refractivity contribution in [3.05, 3.63) is 18.0 Å². The number of aromatic nitrogens is 2. The van der Waals surface area contributed by atoms with Crippen molar-refractivity contribution in [1.29, 1.82) is 0 Å². The number of aryl methyl sites for hydroxylation is 1. The third-order valence-electron chi connectivity index (χ3n) is 3.65. The van der Waals surface area contributed by atoms with Crippen molar-refractivity contribution >= 4 is 0 Å². The quantitative estimate of drug-likeness (QED) is 0.764. The molecule has 116 valence electrons. The van der Waals surface area contributed by atoms with E-state index in [1.165, 1.54) is 25.0 Å². The Morgan fingerprint density at radius 2 is 2.00 bits per heavy atom. The van der Waals surface area contributed by atoms with Crippen LogP contribution in [0.15, 0.2) is 12.3 Å². The summed E-state index contributed by atoms with van der Waals surface area (Å²) in [5, 5.41) is 8.12. The lowest BCUT2D eigenvalue weighted by Crippen LogP contribution is -2.27. The second kappa shape index (κ2) is 7.82. The molecule has 0 bridgehead atoms. The molecule has 0 fully saturated rings. The van der Waals surface area contributed by atoms with Gasteiger partial charge in [0.25, 0.3) is 0 Å². The van der Waals surface area contributed by atoms with E-state index in [-0.39, 0.29) is 0 Å². The highest BCUT2D eigenvalue weighted by Gasteiger charge is 2.21. The van der Waals surface area contributed by atoms with Gasteiger partial charge in [-0.1, -0.05) is 34.6 Å². The highest BCUT2D eigenvalue weighted by Crippen LogP contribution is 2.30. The van der Waals surface area contributed by atoms with Crippen molar-refractivity contribution in [2.45, 2.75) is 73.4 Å². The van der Waals surface area contributed by atoms with Crippen molar-refractivity contribution in [2.24, 2.45) is 11.3 Å². The molecule has 3 heteroatoms. The normalized spacial score (nSPS) is 15.3. The van der Waals surface area contributed by atoms with Crippen molar-refractivity contribution in [2.75, 3.05) is 6.54 Å². The molecule has 0 aliphatic carbocycles. The number of hydrogen-bond donors (Lipinski definition) is 1. The van der Waals surface area contributed by atoms with E-state index in [4.69, 9.17) is 0 Å². The molecule has 0 amide bonds. The maximum absolute atomic E-state index is 4.42. The minimum Gasteiger partial charge on any atom is -0.309 e. The number of nitrogens with zero attached hydrogens (tertiary/aromatic N) is 2. The Bertz CT molecular complexity index is 376. The summed E-state index contributed by atoms with van der Waals surface area (Å²) >= 11 is 0. The summed E-state index contributed by atoms with van der Waals surface area (Å²) in [6, 6.07) is 2.59. The molecule has 0 saturated heterocycles. The van der Waals surface area contributed by atoms with Gasteiger partial charge < -0.3 is 5.32 Å². The molecule has 0 aliphatic rings. The van der Waals surface area contributed by atoms with Gasteiger partial charge >= 0.3 is 0 Å². The van der Waals surface area contributed by atoms with Crippen LogP contribution >= 0.6 is 0 Å². The number of rotatable bonds is 8. The van der Waals surface area contributed by atoms with E-state index < -0.39 is 0 Å². The van der Waals surface area contributed by atoms with Crippen molar-refractivity contribution in [3.8, 4) is 0 Å². The van der Waals surface area contributed by atoms with Gasteiger partial charge in [0.1, 0.15) is 0 Å². The summed E-state index contributed by atoms with van der Waals surface area (Å²) < 4.78 is 2.12. The lowest BCUT2D eigenvalue weighted by molar-refractivity contribution is 0.272. The molecule has 1 aromatic heterocycles. The maximum Gasteiger partial charge on any atom is 0.0553 e. The van der Waals surface area contributed by atoms with E-state index in [1.807, 2.05) is 6.20 Å². The first-order valence-electron chi connectivity index (χ1n) is 8.12. The van der Waals surface area contributed by atoms with E-state index in [2.05, 4.69) is 62.7 Å². The first-order chi connectivity index (χ1) is 9.37. The zero-order valence-corrected chi connectivity index (χ0v) is 14.2. The second-order valence-corrected chi connectivity index (χ2v) is 7.18. The number of nitrogens with one attached hydrogen (secondary N) is 1. The average Bonchev–Trinajstić information content (AvgIpc) is 2.80. The monoisotopic (exact) mass is 279 g/mol. The first-order valence-corrected chi connectivity index (χ1v) is 8.12. The van der Waals surface area contributed by atoms with Crippen molar-refractivity contribution < 1.29 is 0 Å². The van der Waals surface area contributed by atoms with Crippen LogP contribution in [0.4, 0.5) is 0 Å². The van der Waals surface area contributed by atoms with Crippen LogP contribution < -0.4 is 5.32 Å². The summed E-state index contributed by atoms with van der Waals surface area (Å²) in [6.45, 7) is 15.8. The Morgan fingerprint density at radius 1 is 1.30 bits per heavy atom. The molecular weight excluding hydrogens is 246 g/mol. The predicted octanol–water partition coefficient (Wildman–Crippen LogP) is 4.41. The lowest BCUT2D eigenvalue weighted by Gasteiger charge is -2.27. The Labute approximate surface area is 125 Å². The van der Waals surface area contributed by atoms with Crippen LogP contribution in [-0.4, -0.2) is 16.3 Å². The standard InChI is InChI=1S/C17H33N3/c1-7-10-18-15(12-14(3)13-17(4,5)6)16-9-11-19-20(16)8-2/h9,11,14-15,18H,7-8,10,12-13H2,1-6H3. The van der Waals surface area contributed by atoms with E-state index >= 15 is 0 Å². The van der Waals surface area contributed by atoms with E-state index in [9.17, 15) is 0 Å². The molecule has 20 heavy (non-hydrogen) atoms. The molecule has 0 aromatic carbocycles. The topological polar surface area (TPSA) is 29.9 Å². The smallest absolute Gasteiger partial charge is 0.0553 e. The molecular formula is C17H33N3. The molecule has 2 unspecified atom stereocenters. The maximum atomic E-state index is 4.42. The predicted molar refractivity (Wildman–Crippen MR) is 86.8 cm³/mol. The lowest BCUT2D eigenvalue weighted by atomic mass is 9.82. The highest BCUT2D eigenvalue weighted by atomic mass is 15.3. The molecule has 0 spiro atoms. The molecule has 1 heterocycles. The van der Waals surface area contributed by atoms with Gasteiger partial charge in [0.2, 0.25) is 0 Å². The minimum atomic E-state index is 0.403. The fraction of sp³-hybridized carbons (Fsp3) is 0.824. The largest absolute Gasteiger partial charge is 0.309 e. The SMILES string of the molecule is CCCNC(CC(C)CC(C)(C)C)c1ccnn1CC. The average molecular weight is 279 g/mol. The van der Waals surface area contributed by atoms with Gasteiger partial charge in [0.15, 0.2) is 0 Å². The Hall–Kier alpha value is -0.830. The minimum absolute atomic E-state index is 0.403. The molecule has 1 aromatic rings.